The lowest BCUT2D eigenvalue weighted by Gasteiger charge is -2.18. The highest BCUT2D eigenvalue weighted by atomic mass is 35.5. The van der Waals surface area contributed by atoms with Crippen LogP contribution in [0.5, 0.6) is 0 Å². The van der Waals surface area contributed by atoms with Crippen molar-refractivity contribution in [3.63, 3.8) is 0 Å². The molecule has 1 fully saturated rings. The number of rotatable bonds is 5. The molecule has 7 heteroatoms. The molecule has 1 aliphatic heterocycles. The summed E-state index contributed by atoms with van der Waals surface area (Å²) in [7, 11) is 0. The maximum absolute atomic E-state index is 12.9. The van der Waals surface area contributed by atoms with Crippen molar-refractivity contribution in [1.29, 1.82) is 0 Å². The van der Waals surface area contributed by atoms with Crippen LogP contribution in [-0.4, -0.2) is 28.8 Å². The van der Waals surface area contributed by atoms with Crippen LogP contribution in [0.2, 0.25) is 10.2 Å². The number of hydrogen-bond acceptors (Lipinski definition) is 3. The Bertz CT molecular complexity index is 1060. The Morgan fingerprint density at radius 1 is 1.17 bits per heavy atom. The van der Waals surface area contributed by atoms with E-state index in [1.807, 2.05) is 48.5 Å². The molecule has 2 heterocycles. The highest BCUT2D eigenvalue weighted by Gasteiger charge is 2.22. The fourth-order valence-electron chi connectivity index (χ4n) is 3.82. The fraction of sp³-hybridized carbons (Fsp3) is 0.304. The molecule has 156 valence electrons. The van der Waals surface area contributed by atoms with Crippen LogP contribution in [0.4, 0.5) is 11.4 Å². The van der Waals surface area contributed by atoms with E-state index in [9.17, 15) is 4.79 Å². The number of amides is 1. The quantitative estimate of drug-likeness (QED) is 0.555. The average Bonchev–Trinajstić information content (AvgIpc) is 3.27. The van der Waals surface area contributed by atoms with E-state index in [1.54, 1.807) is 11.6 Å². The van der Waals surface area contributed by atoms with Gasteiger partial charge < -0.3 is 10.2 Å². The van der Waals surface area contributed by atoms with Crippen molar-refractivity contribution in [3.05, 3.63) is 75.5 Å². The SMILES string of the molecule is Cc1nn(Cc2ccccc2Cl)c(Cl)c1C(=O)Nc1ccc(N2CCC(C)C2)cc1. The molecule has 0 bridgehead atoms. The van der Waals surface area contributed by atoms with E-state index in [-0.39, 0.29) is 5.91 Å². The van der Waals surface area contributed by atoms with E-state index < -0.39 is 0 Å². The molecule has 0 aliphatic carbocycles. The van der Waals surface area contributed by atoms with Crippen molar-refractivity contribution in [2.45, 2.75) is 26.8 Å². The van der Waals surface area contributed by atoms with Crippen LogP contribution in [0.25, 0.3) is 0 Å². The summed E-state index contributed by atoms with van der Waals surface area (Å²) in [6, 6.07) is 15.5. The second-order valence-corrected chi connectivity index (χ2v) is 8.61. The summed E-state index contributed by atoms with van der Waals surface area (Å²) in [6.45, 7) is 6.60. The van der Waals surface area contributed by atoms with E-state index >= 15 is 0 Å². The van der Waals surface area contributed by atoms with Gasteiger partial charge in [0.1, 0.15) is 5.15 Å². The van der Waals surface area contributed by atoms with E-state index in [1.165, 1.54) is 12.1 Å². The number of anilines is 2. The van der Waals surface area contributed by atoms with Gasteiger partial charge in [0.25, 0.3) is 5.91 Å². The molecule has 30 heavy (non-hydrogen) atoms. The van der Waals surface area contributed by atoms with Gasteiger partial charge in [-0.1, -0.05) is 48.3 Å². The lowest BCUT2D eigenvalue weighted by atomic mass is 10.2. The molecule has 2 aromatic carbocycles. The number of nitrogens with zero attached hydrogens (tertiary/aromatic N) is 3. The van der Waals surface area contributed by atoms with Gasteiger partial charge in [-0.05, 0) is 55.2 Å². The molecule has 3 aromatic rings. The van der Waals surface area contributed by atoms with Crippen molar-refractivity contribution >= 4 is 40.5 Å². The molecular weight excluding hydrogens is 419 g/mol. The van der Waals surface area contributed by atoms with Crippen molar-refractivity contribution < 1.29 is 4.79 Å². The maximum atomic E-state index is 12.9. The number of carbonyl (C=O) groups is 1. The molecule has 0 radical (unpaired) electrons. The highest BCUT2D eigenvalue weighted by Crippen LogP contribution is 2.27. The van der Waals surface area contributed by atoms with Gasteiger partial charge in [-0.3, -0.25) is 4.79 Å². The predicted molar refractivity (Wildman–Crippen MR) is 123 cm³/mol. The van der Waals surface area contributed by atoms with E-state index in [0.717, 1.165) is 30.3 Å². The van der Waals surface area contributed by atoms with Gasteiger partial charge in [0.15, 0.2) is 0 Å². The molecule has 5 nitrogen and oxygen atoms in total. The van der Waals surface area contributed by atoms with Gasteiger partial charge in [0, 0.05) is 29.5 Å². The zero-order chi connectivity index (χ0) is 21.3. The first-order chi connectivity index (χ1) is 14.4. The van der Waals surface area contributed by atoms with Gasteiger partial charge in [-0.15, -0.1) is 0 Å². The van der Waals surface area contributed by atoms with Crippen LogP contribution in [0.15, 0.2) is 48.5 Å². The largest absolute Gasteiger partial charge is 0.371 e. The first-order valence-electron chi connectivity index (χ1n) is 10.0. The van der Waals surface area contributed by atoms with Gasteiger partial charge in [-0.25, -0.2) is 4.68 Å². The van der Waals surface area contributed by atoms with Crippen molar-refractivity contribution in [1.82, 2.24) is 9.78 Å². The van der Waals surface area contributed by atoms with Crippen LogP contribution in [0.3, 0.4) is 0 Å². The van der Waals surface area contributed by atoms with E-state index in [2.05, 4.69) is 22.2 Å². The van der Waals surface area contributed by atoms with Gasteiger partial charge >= 0.3 is 0 Å². The Kier molecular flexibility index (Phi) is 6.02. The summed E-state index contributed by atoms with van der Waals surface area (Å²) in [4.78, 5) is 15.3. The summed E-state index contributed by atoms with van der Waals surface area (Å²) in [5.74, 6) is 0.447. The molecule has 1 aromatic heterocycles. The molecule has 0 saturated carbocycles. The normalized spacial score (nSPS) is 16.1. The second-order valence-electron chi connectivity index (χ2n) is 7.84. The van der Waals surface area contributed by atoms with E-state index in [0.29, 0.717) is 28.0 Å². The summed E-state index contributed by atoms with van der Waals surface area (Å²) in [5.41, 5.74) is 3.75. The number of halogens is 2. The summed E-state index contributed by atoms with van der Waals surface area (Å²) in [6.07, 6.45) is 1.22. The number of nitrogens with one attached hydrogen (secondary N) is 1. The van der Waals surface area contributed by atoms with Gasteiger partial charge in [-0.2, -0.15) is 5.10 Å². The van der Waals surface area contributed by atoms with Crippen LogP contribution in [0, 0.1) is 12.8 Å². The van der Waals surface area contributed by atoms with Crippen molar-refractivity contribution in [2.75, 3.05) is 23.3 Å². The second kappa shape index (κ2) is 8.70. The smallest absolute Gasteiger partial charge is 0.260 e. The molecular formula is C23H24Cl2N4O. The molecule has 1 unspecified atom stereocenters. The first-order valence-corrected chi connectivity index (χ1v) is 10.8. The Labute approximate surface area is 186 Å². The Balaban J connectivity index is 1.48. The minimum atomic E-state index is -0.273. The lowest BCUT2D eigenvalue weighted by Crippen LogP contribution is -2.19. The molecule has 4 rings (SSSR count). The Morgan fingerprint density at radius 2 is 1.90 bits per heavy atom. The summed E-state index contributed by atoms with van der Waals surface area (Å²) < 4.78 is 1.60. The number of benzene rings is 2. The summed E-state index contributed by atoms with van der Waals surface area (Å²) >= 11 is 12.8. The number of hydrogen-bond donors (Lipinski definition) is 1. The molecule has 1 saturated heterocycles. The van der Waals surface area contributed by atoms with E-state index in [4.69, 9.17) is 23.2 Å². The van der Waals surface area contributed by atoms with Crippen LogP contribution in [0.1, 0.15) is 35.0 Å². The minimum Gasteiger partial charge on any atom is -0.371 e. The monoisotopic (exact) mass is 442 g/mol. The molecule has 1 aliphatic rings. The third kappa shape index (κ3) is 4.32. The first kappa shape index (κ1) is 20.8. The lowest BCUT2D eigenvalue weighted by molar-refractivity contribution is 0.102. The zero-order valence-corrected chi connectivity index (χ0v) is 18.5. The molecule has 0 spiro atoms. The number of aromatic nitrogens is 2. The maximum Gasteiger partial charge on any atom is 0.260 e. The minimum absolute atomic E-state index is 0.273. The topological polar surface area (TPSA) is 50.2 Å². The van der Waals surface area contributed by atoms with Crippen LogP contribution < -0.4 is 10.2 Å². The standard InChI is InChI=1S/C23H24Cl2N4O/c1-15-11-12-28(13-15)19-9-7-18(8-10-19)26-23(30)21-16(2)27-29(22(21)25)14-17-5-3-4-6-20(17)24/h3-10,15H,11-14H2,1-2H3,(H,26,30). The fourth-order valence-corrected chi connectivity index (χ4v) is 4.34. The molecule has 1 amide bonds. The molecule has 1 N–H and O–H groups in total. The Hall–Kier alpha value is -2.50. The van der Waals surface area contributed by atoms with Crippen LogP contribution >= 0.6 is 23.2 Å². The van der Waals surface area contributed by atoms with Gasteiger partial charge in [0.05, 0.1) is 17.8 Å². The van der Waals surface area contributed by atoms with Crippen molar-refractivity contribution in [2.24, 2.45) is 5.92 Å². The highest BCUT2D eigenvalue weighted by molar-refractivity contribution is 6.34. The number of aryl methyl sites for hydroxylation is 1. The summed E-state index contributed by atoms with van der Waals surface area (Å²) in [5, 5.41) is 8.31. The van der Waals surface area contributed by atoms with Crippen molar-refractivity contribution in [3.8, 4) is 0 Å². The van der Waals surface area contributed by atoms with Gasteiger partial charge in [0.2, 0.25) is 0 Å². The number of carbonyl (C=O) groups excluding carboxylic acids is 1. The van der Waals surface area contributed by atoms with Crippen LogP contribution in [-0.2, 0) is 6.54 Å². The Morgan fingerprint density at radius 3 is 2.57 bits per heavy atom. The molecule has 1 atom stereocenters. The average molecular weight is 443 g/mol. The zero-order valence-electron chi connectivity index (χ0n) is 17.0. The third-order valence-electron chi connectivity index (χ3n) is 5.48. The third-order valence-corrected chi connectivity index (χ3v) is 6.24. The predicted octanol–water partition coefficient (Wildman–Crippen LogP) is 5.65.